The molecule has 3 aromatic rings. The lowest BCUT2D eigenvalue weighted by atomic mass is 10.2. The third-order valence-electron chi connectivity index (χ3n) is 3.05. The van der Waals surface area contributed by atoms with Crippen LogP contribution in [0, 0.1) is 17.0 Å². The van der Waals surface area contributed by atoms with Gasteiger partial charge in [0.25, 0.3) is 5.69 Å². The summed E-state index contributed by atoms with van der Waals surface area (Å²) in [6.07, 6.45) is 2.93. The fourth-order valence-corrected chi connectivity index (χ4v) is 2.01. The molecule has 0 atom stereocenters. The number of benzene rings is 1. The zero-order valence-electron chi connectivity index (χ0n) is 11.2. The number of pyridine rings is 2. The molecule has 0 aliphatic carbocycles. The van der Waals surface area contributed by atoms with E-state index in [1.54, 1.807) is 25.3 Å². The molecular formula is C15H11N3O3. The normalized spacial score (nSPS) is 10.5. The minimum absolute atomic E-state index is 0.0231. The largest absolute Gasteiger partial charge is 0.439 e. The van der Waals surface area contributed by atoms with Crippen molar-refractivity contribution in [2.75, 3.05) is 0 Å². The predicted octanol–water partition coefficient (Wildman–Crippen LogP) is 3.64. The van der Waals surface area contributed by atoms with Crippen LogP contribution in [0.5, 0.6) is 11.6 Å². The number of nitro groups is 1. The van der Waals surface area contributed by atoms with Crippen molar-refractivity contribution in [2.45, 2.75) is 6.92 Å². The second-order valence-corrected chi connectivity index (χ2v) is 4.53. The molecule has 6 nitrogen and oxygen atoms in total. The van der Waals surface area contributed by atoms with Gasteiger partial charge in [-0.15, -0.1) is 0 Å². The number of aryl methyl sites for hydroxylation is 1. The van der Waals surface area contributed by atoms with Crippen molar-refractivity contribution < 1.29 is 9.66 Å². The van der Waals surface area contributed by atoms with Gasteiger partial charge >= 0.3 is 0 Å². The minimum atomic E-state index is -0.464. The van der Waals surface area contributed by atoms with E-state index in [0.717, 1.165) is 10.9 Å². The number of ether oxygens (including phenoxy) is 1. The minimum Gasteiger partial charge on any atom is -0.439 e. The highest BCUT2D eigenvalue weighted by molar-refractivity contribution is 5.79. The van der Waals surface area contributed by atoms with Gasteiger partial charge in [-0.1, -0.05) is 6.07 Å². The fraction of sp³-hybridized carbons (Fsp3) is 0.0667. The Bertz CT molecular complexity index is 833. The van der Waals surface area contributed by atoms with Crippen LogP contribution in [-0.4, -0.2) is 14.9 Å². The van der Waals surface area contributed by atoms with E-state index in [4.69, 9.17) is 4.74 Å². The summed E-state index contributed by atoms with van der Waals surface area (Å²) in [5.74, 6) is 0.928. The molecule has 0 radical (unpaired) electrons. The van der Waals surface area contributed by atoms with Gasteiger partial charge in [0.05, 0.1) is 10.4 Å². The lowest BCUT2D eigenvalue weighted by molar-refractivity contribution is -0.385. The first-order valence-electron chi connectivity index (χ1n) is 6.27. The van der Waals surface area contributed by atoms with Gasteiger partial charge in [0, 0.05) is 23.2 Å². The van der Waals surface area contributed by atoms with E-state index >= 15 is 0 Å². The molecule has 0 bridgehead atoms. The monoisotopic (exact) mass is 281 g/mol. The average molecular weight is 281 g/mol. The Morgan fingerprint density at radius 3 is 2.81 bits per heavy atom. The molecule has 2 aromatic heterocycles. The Hall–Kier alpha value is -3.02. The van der Waals surface area contributed by atoms with Crippen molar-refractivity contribution >= 4 is 16.6 Å². The molecule has 0 fully saturated rings. The zero-order valence-corrected chi connectivity index (χ0v) is 11.2. The summed E-state index contributed by atoms with van der Waals surface area (Å²) < 4.78 is 5.64. The van der Waals surface area contributed by atoms with Crippen molar-refractivity contribution in [1.29, 1.82) is 0 Å². The van der Waals surface area contributed by atoms with Crippen molar-refractivity contribution in [2.24, 2.45) is 0 Å². The molecule has 0 amide bonds. The number of nitrogens with zero attached hydrogens (tertiary/aromatic N) is 3. The van der Waals surface area contributed by atoms with Gasteiger partial charge in [-0.3, -0.25) is 15.1 Å². The Labute approximate surface area is 120 Å². The van der Waals surface area contributed by atoms with Crippen LogP contribution >= 0.6 is 0 Å². The lowest BCUT2D eigenvalue weighted by Gasteiger charge is -2.06. The Kier molecular flexibility index (Phi) is 3.19. The molecule has 104 valence electrons. The van der Waals surface area contributed by atoms with Crippen LogP contribution in [0.15, 0.2) is 48.8 Å². The van der Waals surface area contributed by atoms with Crippen LogP contribution in [0.1, 0.15) is 5.56 Å². The molecule has 0 spiro atoms. The van der Waals surface area contributed by atoms with Gasteiger partial charge in [0.1, 0.15) is 11.9 Å². The van der Waals surface area contributed by atoms with E-state index in [2.05, 4.69) is 9.97 Å². The lowest BCUT2D eigenvalue weighted by Crippen LogP contribution is -1.95. The number of fused-ring (bicyclic) bond motifs is 1. The van der Waals surface area contributed by atoms with Crippen LogP contribution in [-0.2, 0) is 0 Å². The Morgan fingerprint density at radius 1 is 1.19 bits per heavy atom. The van der Waals surface area contributed by atoms with E-state index in [0.29, 0.717) is 17.2 Å². The number of rotatable bonds is 3. The molecule has 0 unspecified atom stereocenters. The van der Waals surface area contributed by atoms with Crippen LogP contribution in [0.25, 0.3) is 10.9 Å². The van der Waals surface area contributed by atoms with Crippen molar-refractivity contribution in [3.8, 4) is 11.6 Å². The first-order chi connectivity index (χ1) is 10.1. The van der Waals surface area contributed by atoms with E-state index in [1.165, 1.54) is 6.20 Å². The van der Waals surface area contributed by atoms with Crippen LogP contribution < -0.4 is 4.74 Å². The van der Waals surface area contributed by atoms with E-state index in [1.807, 2.05) is 24.3 Å². The second kappa shape index (κ2) is 5.16. The first-order valence-corrected chi connectivity index (χ1v) is 6.27. The zero-order chi connectivity index (χ0) is 14.8. The molecule has 21 heavy (non-hydrogen) atoms. The van der Waals surface area contributed by atoms with Gasteiger partial charge in [-0.25, -0.2) is 4.98 Å². The van der Waals surface area contributed by atoms with E-state index < -0.39 is 4.92 Å². The van der Waals surface area contributed by atoms with Crippen LogP contribution in [0.3, 0.4) is 0 Å². The number of aromatic nitrogens is 2. The van der Waals surface area contributed by atoms with Gasteiger partial charge in [-0.05, 0) is 31.2 Å². The maximum atomic E-state index is 10.8. The molecule has 0 aliphatic rings. The molecule has 1 aromatic carbocycles. The van der Waals surface area contributed by atoms with Gasteiger partial charge in [-0.2, -0.15) is 0 Å². The maximum Gasteiger partial charge on any atom is 0.290 e. The highest BCUT2D eigenvalue weighted by Crippen LogP contribution is 2.26. The summed E-state index contributed by atoms with van der Waals surface area (Å²) in [7, 11) is 0. The van der Waals surface area contributed by atoms with Gasteiger partial charge < -0.3 is 4.74 Å². The summed E-state index contributed by atoms with van der Waals surface area (Å²) in [4.78, 5) is 18.5. The molecule has 0 saturated carbocycles. The van der Waals surface area contributed by atoms with Crippen LogP contribution in [0.2, 0.25) is 0 Å². The standard InChI is InChI=1S/C15H11N3O3/c1-10-7-15(17-9-14(10)18(19)20)21-12-4-5-13-11(8-12)3-2-6-16-13/h2-9H,1H3. The third-order valence-corrected chi connectivity index (χ3v) is 3.05. The highest BCUT2D eigenvalue weighted by Gasteiger charge is 2.12. The third kappa shape index (κ3) is 2.64. The summed E-state index contributed by atoms with van der Waals surface area (Å²) in [5, 5.41) is 11.7. The smallest absolute Gasteiger partial charge is 0.290 e. The highest BCUT2D eigenvalue weighted by atomic mass is 16.6. The van der Waals surface area contributed by atoms with Crippen LogP contribution in [0.4, 0.5) is 5.69 Å². The number of hydrogen-bond acceptors (Lipinski definition) is 5. The summed E-state index contributed by atoms with van der Waals surface area (Å²) in [5.41, 5.74) is 1.36. The molecule has 2 heterocycles. The Morgan fingerprint density at radius 2 is 2.05 bits per heavy atom. The van der Waals surface area contributed by atoms with E-state index in [-0.39, 0.29) is 5.69 Å². The molecule has 3 rings (SSSR count). The molecule has 0 N–H and O–H groups in total. The summed E-state index contributed by atoms with van der Waals surface area (Å²) >= 11 is 0. The summed E-state index contributed by atoms with van der Waals surface area (Å²) in [6.45, 7) is 1.65. The van der Waals surface area contributed by atoms with Gasteiger partial charge in [0.15, 0.2) is 0 Å². The SMILES string of the molecule is Cc1cc(Oc2ccc3ncccc3c2)ncc1[N+](=O)[O-]. The second-order valence-electron chi connectivity index (χ2n) is 4.53. The summed E-state index contributed by atoms with van der Waals surface area (Å²) in [6, 6.07) is 10.8. The molecule has 0 saturated heterocycles. The maximum absolute atomic E-state index is 10.8. The van der Waals surface area contributed by atoms with Gasteiger partial charge in [0.2, 0.25) is 5.88 Å². The predicted molar refractivity (Wildman–Crippen MR) is 77.4 cm³/mol. The molecule has 6 heteroatoms. The van der Waals surface area contributed by atoms with E-state index in [9.17, 15) is 10.1 Å². The topological polar surface area (TPSA) is 78.2 Å². The molecular weight excluding hydrogens is 270 g/mol. The first kappa shape index (κ1) is 13.0. The van der Waals surface area contributed by atoms with Crippen molar-refractivity contribution in [3.05, 3.63) is 64.5 Å². The quantitative estimate of drug-likeness (QED) is 0.541. The van der Waals surface area contributed by atoms with Crippen molar-refractivity contribution in [3.63, 3.8) is 0 Å². The Balaban J connectivity index is 1.91. The molecule has 0 aliphatic heterocycles. The average Bonchev–Trinajstić information content (AvgIpc) is 2.47. The van der Waals surface area contributed by atoms with Crippen molar-refractivity contribution in [1.82, 2.24) is 9.97 Å². The number of hydrogen-bond donors (Lipinski definition) is 0. The fourth-order valence-electron chi connectivity index (χ4n) is 2.01.